The third-order valence-corrected chi connectivity index (χ3v) is 6.12. The van der Waals surface area contributed by atoms with E-state index < -0.39 is 22.0 Å². The minimum Gasteiger partial charge on any atom is -0.341 e. The Kier molecular flexibility index (Phi) is 5.25. The van der Waals surface area contributed by atoms with Crippen molar-refractivity contribution < 1.29 is 13.2 Å². The molecule has 1 amide bonds. The highest BCUT2D eigenvalue weighted by Crippen LogP contribution is 2.25. The predicted octanol–water partition coefficient (Wildman–Crippen LogP) is 3.04. The normalized spacial score (nSPS) is 18.3. The van der Waals surface area contributed by atoms with E-state index in [4.69, 9.17) is 11.6 Å². The molecule has 29 heavy (non-hydrogen) atoms. The van der Waals surface area contributed by atoms with Gasteiger partial charge in [-0.3, -0.25) is 4.79 Å². The zero-order valence-corrected chi connectivity index (χ0v) is 16.9. The fourth-order valence-corrected chi connectivity index (χ4v) is 4.37. The molecule has 0 aromatic heterocycles. The lowest BCUT2D eigenvalue weighted by molar-refractivity contribution is -0.117. The molecule has 2 heterocycles. The number of carbonyl (C=O) groups is 1. The lowest BCUT2D eigenvalue weighted by atomic mass is 9.98. The van der Waals surface area contributed by atoms with E-state index in [9.17, 15) is 13.2 Å². The van der Waals surface area contributed by atoms with Crippen molar-refractivity contribution in [1.82, 2.24) is 10.2 Å². The van der Waals surface area contributed by atoms with Crippen molar-refractivity contribution in [2.45, 2.75) is 6.04 Å². The van der Waals surface area contributed by atoms with Gasteiger partial charge in [-0.2, -0.15) is 0 Å². The molecule has 1 N–H and O–H groups in total. The van der Waals surface area contributed by atoms with E-state index in [0.29, 0.717) is 5.02 Å². The number of amidine groups is 1. The van der Waals surface area contributed by atoms with Crippen molar-refractivity contribution in [2.24, 2.45) is 4.40 Å². The average Bonchev–Trinajstić information content (AvgIpc) is 2.72. The summed E-state index contributed by atoms with van der Waals surface area (Å²) in [6.07, 6.45) is 5.01. The second kappa shape index (κ2) is 7.85. The van der Waals surface area contributed by atoms with Crippen LogP contribution in [0.4, 0.5) is 0 Å². The fourth-order valence-electron chi connectivity index (χ4n) is 3.26. The number of amides is 1. The Morgan fingerprint density at radius 1 is 1.07 bits per heavy atom. The number of hydrogen-bond acceptors (Lipinski definition) is 4. The highest BCUT2D eigenvalue weighted by atomic mass is 35.5. The Labute approximate surface area is 174 Å². The van der Waals surface area contributed by atoms with Gasteiger partial charge < -0.3 is 10.2 Å². The minimum atomic E-state index is -3.58. The number of nitrogens with zero attached hydrogens (tertiary/aromatic N) is 2. The number of halogens is 1. The largest absolute Gasteiger partial charge is 0.341 e. The summed E-state index contributed by atoms with van der Waals surface area (Å²) < 4.78 is 27.7. The molecule has 0 aliphatic carbocycles. The summed E-state index contributed by atoms with van der Waals surface area (Å²) in [6, 6.07) is 16.3. The zero-order valence-electron chi connectivity index (χ0n) is 15.3. The van der Waals surface area contributed by atoms with E-state index in [0.717, 1.165) is 11.1 Å². The number of allylic oxidation sites excluding steroid dienone is 2. The Morgan fingerprint density at radius 3 is 2.48 bits per heavy atom. The zero-order chi connectivity index (χ0) is 20.4. The second-order valence-corrected chi connectivity index (χ2v) is 8.88. The van der Waals surface area contributed by atoms with Crippen LogP contribution in [0.2, 0.25) is 5.02 Å². The Hall–Kier alpha value is -2.90. The molecule has 0 bridgehead atoms. The van der Waals surface area contributed by atoms with E-state index in [1.807, 2.05) is 42.5 Å². The van der Waals surface area contributed by atoms with Gasteiger partial charge >= 0.3 is 0 Å². The van der Waals surface area contributed by atoms with Crippen LogP contribution in [-0.4, -0.2) is 37.4 Å². The molecule has 0 radical (unpaired) electrons. The van der Waals surface area contributed by atoms with Gasteiger partial charge in [0.2, 0.25) is 0 Å². The molecule has 1 atom stereocenters. The molecule has 1 unspecified atom stereocenters. The first-order chi connectivity index (χ1) is 13.9. The van der Waals surface area contributed by atoms with Gasteiger partial charge in [0.15, 0.2) is 5.84 Å². The molecule has 4 rings (SSSR count). The maximum absolute atomic E-state index is 13.1. The van der Waals surface area contributed by atoms with Crippen molar-refractivity contribution >= 4 is 33.4 Å². The first-order valence-corrected chi connectivity index (χ1v) is 11.0. The molecule has 2 aliphatic heterocycles. The Bertz CT molecular complexity index is 1120. The molecular formula is C21H18ClN3O3S. The van der Waals surface area contributed by atoms with Crippen molar-refractivity contribution in [3.05, 3.63) is 94.7 Å². The highest BCUT2D eigenvalue weighted by molar-refractivity contribution is 7.90. The molecule has 8 heteroatoms. The molecule has 0 saturated heterocycles. The van der Waals surface area contributed by atoms with Crippen molar-refractivity contribution in [1.29, 1.82) is 0 Å². The summed E-state index contributed by atoms with van der Waals surface area (Å²) in [5, 5.41) is 3.61. The van der Waals surface area contributed by atoms with Gasteiger partial charge in [0.05, 0.1) is 17.4 Å². The van der Waals surface area contributed by atoms with Gasteiger partial charge in [-0.05, 0) is 35.4 Å². The number of sulfonamides is 1. The average molecular weight is 428 g/mol. The van der Waals surface area contributed by atoms with Gasteiger partial charge in [-0.1, -0.05) is 54.1 Å². The fraction of sp³-hybridized carbons (Fsp3) is 0.143. The number of benzene rings is 2. The van der Waals surface area contributed by atoms with Crippen LogP contribution in [0.5, 0.6) is 0 Å². The van der Waals surface area contributed by atoms with E-state index >= 15 is 0 Å². The third kappa shape index (κ3) is 4.26. The molecule has 2 aromatic rings. The van der Waals surface area contributed by atoms with Crippen LogP contribution in [0.15, 0.2) is 82.9 Å². The third-order valence-electron chi connectivity index (χ3n) is 4.71. The Morgan fingerprint density at radius 2 is 1.76 bits per heavy atom. The standard InChI is InChI=1S/C21H18ClN3O3S/c22-17-10-8-16(9-11-17)19(15-5-2-1-3-6-15)23-21(26)18-7-4-12-25-13-14-29(27,28)24-20(18)25/h1-12,19H,13-14H2,(H,23,26). The summed E-state index contributed by atoms with van der Waals surface area (Å²) in [5.41, 5.74) is 1.96. The van der Waals surface area contributed by atoms with E-state index in [2.05, 4.69) is 9.71 Å². The number of rotatable bonds is 4. The topological polar surface area (TPSA) is 78.8 Å². The van der Waals surface area contributed by atoms with E-state index in [1.165, 1.54) is 0 Å². The molecule has 148 valence electrons. The SMILES string of the molecule is O=C(NC(c1ccccc1)c1ccc(Cl)cc1)C1=CC=CN2CCS(=O)(=O)N=C12. The summed E-state index contributed by atoms with van der Waals surface area (Å²) in [7, 11) is -3.58. The molecule has 2 aromatic carbocycles. The second-order valence-electron chi connectivity index (χ2n) is 6.68. The minimum absolute atomic E-state index is 0.0762. The number of nitrogens with one attached hydrogen (secondary N) is 1. The van der Waals surface area contributed by atoms with Crippen LogP contribution >= 0.6 is 11.6 Å². The van der Waals surface area contributed by atoms with Crippen LogP contribution < -0.4 is 5.32 Å². The van der Waals surface area contributed by atoms with Crippen molar-refractivity contribution in [3.8, 4) is 0 Å². The smallest absolute Gasteiger partial charge is 0.256 e. The van der Waals surface area contributed by atoms with Crippen LogP contribution in [0.25, 0.3) is 0 Å². The first kappa shape index (κ1) is 19.4. The lowest BCUT2D eigenvalue weighted by Gasteiger charge is -2.29. The van der Waals surface area contributed by atoms with Crippen molar-refractivity contribution in [2.75, 3.05) is 12.3 Å². The predicted molar refractivity (Wildman–Crippen MR) is 113 cm³/mol. The van der Waals surface area contributed by atoms with Gasteiger partial charge in [-0.15, -0.1) is 4.40 Å². The number of hydrogen-bond donors (Lipinski definition) is 1. The van der Waals surface area contributed by atoms with Gasteiger partial charge in [0.1, 0.15) is 0 Å². The molecule has 0 saturated carbocycles. The summed E-state index contributed by atoms with van der Waals surface area (Å²) in [4.78, 5) is 14.8. The van der Waals surface area contributed by atoms with Crippen LogP contribution in [-0.2, 0) is 14.8 Å². The number of carbonyl (C=O) groups excluding carboxylic acids is 1. The molecule has 0 fully saturated rings. The summed E-state index contributed by atoms with van der Waals surface area (Å²) >= 11 is 6.01. The van der Waals surface area contributed by atoms with Crippen LogP contribution in [0.1, 0.15) is 17.2 Å². The highest BCUT2D eigenvalue weighted by Gasteiger charge is 2.31. The van der Waals surface area contributed by atoms with Gasteiger partial charge in [0.25, 0.3) is 15.9 Å². The molecule has 2 aliphatic rings. The molecule has 6 nitrogen and oxygen atoms in total. The van der Waals surface area contributed by atoms with E-state index in [1.54, 1.807) is 35.4 Å². The van der Waals surface area contributed by atoms with Crippen molar-refractivity contribution in [3.63, 3.8) is 0 Å². The molecule has 0 spiro atoms. The van der Waals surface area contributed by atoms with Crippen LogP contribution in [0.3, 0.4) is 0 Å². The lowest BCUT2D eigenvalue weighted by Crippen LogP contribution is -2.43. The monoisotopic (exact) mass is 427 g/mol. The maximum Gasteiger partial charge on any atom is 0.256 e. The molecular weight excluding hydrogens is 410 g/mol. The maximum atomic E-state index is 13.1. The van der Waals surface area contributed by atoms with Crippen LogP contribution in [0, 0.1) is 0 Å². The summed E-state index contributed by atoms with van der Waals surface area (Å²) in [5.74, 6) is -0.328. The van der Waals surface area contributed by atoms with Gasteiger partial charge in [0, 0.05) is 17.8 Å². The summed E-state index contributed by atoms with van der Waals surface area (Å²) in [6.45, 7) is 0.265. The quantitative estimate of drug-likeness (QED) is 0.813. The van der Waals surface area contributed by atoms with E-state index in [-0.39, 0.29) is 23.7 Å². The van der Waals surface area contributed by atoms with Gasteiger partial charge in [-0.25, -0.2) is 8.42 Å². The Balaban J connectivity index is 1.68. The first-order valence-electron chi connectivity index (χ1n) is 9.02. The number of fused-ring (bicyclic) bond motifs is 1.